The Bertz CT molecular complexity index is 1370. The second-order valence-corrected chi connectivity index (χ2v) is 10.7. The molecule has 1 saturated carbocycles. The average Bonchev–Trinajstić information content (AvgIpc) is 3.24. The first-order valence-corrected chi connectivity index (χ1v) is 13.1. The van der Waals surface area contributed by atoms with E-state index in [4.69, 9.17) is 21.4 Å². The average molecular weight is 563 g/mol. The molecule has 0 aromatic heterocycles. The number of hydrogen-bond acceptors (Lipinski definition) is 4. The SMILES string of the molecule is Cc1cc(Cl)ccc1C1(C(COc2c(F)cc(C(=O)O)cc2F)C2CCCCC2)Nc2cc(F)c(F)cc2N1. The molecule has 3 N–H and O–H groups in total. The molecule has 0 radical (unpaired) electrons. The summed E-state index contributed by atoms with van der Waals surface area (Å²) in [6, 6.07) is 8.87. The third kappa shape index (κ3) is 5.12. The number of rotatable bonds is 7. The Morgan fingerprint density at radius 2 is 1.56 bits per heavy atom. The first-order valence-electron chi connectivity index (χ1n) is 12.8. The van der Waals surface area contributed by atoms with E-state index in [0.29, 0.717) is 28.5 Å². The van der Waals surface area contributed by atoms with Crippen molar-refractivity contribution in [3.05, 3.63) is 87.4 Å². The van der Waals surface area contributed by atoms with Crippen LogP contribution in [0.2, 0.25) is 5.02 Å². The molecular weight excluding hydrogens is 536 g/mol. The van der Waals surface area contributed by atoms with Crippen molar-refractivity contribution in [2.75, 3.05) is 17.2 Å². The molecule has 1 aliphatic carbocycles. The van der Waals surface area contributed by atoms with Crippen LogP contribution in [0.3, 0.4) is 0 Å². The Morgan fingerprint density at radius 3 is 2.10 bits per heavy atom. The highest BCUT2D eigenvalue weighted by Crippen LogP contribution is 2.50. The number of halogens is 5. The summed E-state index contributed by atoms with van der Waals surface area (Å²) >= 11 is 6.25. The summed E-state index contributed by atoms with van der Waals surface area (Å²) in [5.74, 6) is -6.90. The van der Waals surface area contributed by atoms with Gasteiger partial charge in [0.1, 0.15) is 5.66 Å². The van der Waals surface area contributed by atoms with E-state index < -0.39 is 52.1 Å². The van der Waals surface area contributed by atoms with Gasteiger partial charge in [-0.05, 0) is 55.5 Å². The fourth-order valence-corrected chi connectivity index (χ4v) is 6.17. The quantitative estimate of drug-likeness (QED) is 0.256. The lowest BCUT2D eigenvalue weighted by Crippen LogP contribution is -2.52. The van der Waals surface area contributed by atoms with Crippen LogP contribution in [0.1, 0.15) is 53.6 Å². The molecule has 5 rings (SSSR count). The van der Waals surface area contributed by atoms with E-state index in [9.17, 15) is 22.4 Å². The molecule has 0 amide bonds. The van der Waals surface area contributed by atoms with Gasteiger partial charge in [0.05, 0.1) is 23.5 Å². The first kappa shape index (κ1) is 27.1. The van der Waals surface area contributed by atoms with E-state index in [0.717, 1.165) is 55.4 Å². The molecule has 1 atom stereocenters. The molecule has 2 aliphatic rings. The van der Waals surface area contributed by atoms with Crippen LogP contribution < -0.4 is 15.4 Å². The summed E-state index contributed by atoms with van der Waals surface area (Å²) in [6.07, 6.45) is 4.57. The highest BCUT2D eigenvalue weighted by molar-refractivity contribution is 6.30. The van der Waals surface area contributed by atoms with Crippen molar-refractivity contribution in [2.24, 2.45) is 11.8 Å². The van der Waals surface area contributed by atoms with Crippen LogP contribution in [0.15, 0.2) is 42.5 Å². The van der Waals surface area contributed by atoms with Crippen molar-refractivity contribution in [1.82, 2.24) is 0 Å². The van der Waals surface area contributed by atoms with Gasteiger partial charge in [-0.2, -0.15) is 0 Å². The maximum Gasteiger partial charge on any atom is 0.335 e. The van der Waals surface area contributed by atoms with E-state index in [1.54, 1.807) is 12.1 Å². The Labute approximate surface area is 228 Å². The number of fused-ring (bicyclic) bond motifs is 1. The van der Waals surface area contributed by atoms with Crippen LogP contribution in [0, 0.1) is 42.0 Å². The van der Waals surface area contributed by atoms with Gasteiger partial charge in [-0.15, -0.1) is 0 Å². The molecule has 1 unspecified atom stereocenters. The van der Waals surface area contributed by atoms with Crippen LogP contribution in [0.5, 0.6) is 5.75 Å². The summed E-state index contributed by atoms with van der Waals surface area (Å²) < 4.78 is 63.9. The number of aryl methyl sites for hydroxylation is 1. The van der Waals surface area contributed by atoms with Gasteiger partial charge in [-0.25, -0.2) is 22.4 Å². The lowest BCUT2D eigenvalue weighted by Gasteiger charge is -2.44. The minimum Gasteiger partial charge on any atom is -0.487 e. The zero-order chi connectivity index (χ0) is 27.9. The lowest BCUT2D eigenvalue weighted by molar-refractivity contribution is 0.0695. The molecular formula is C29H27ClF4N2O3. The predicted molar refractivity (Wildman–Crippen MR) is 140 cm³/mol. The van der Waals surface area contributed by atoms with Crippen molar-refractivity contribution in [1.29, 1.82) is 0 Å². The molecule has 1 heterocycles. The molecule has 1 aliphatic heterocycles. The molecule has 1 fully saturated rings. The third-order valence-electron chi connectivity index (χ3n) is 7.76. The van der Waals surface area contributed by atoms with E-state index in [-0.39, 0.29) is 12.5 Å². The summed E-state index contributed by atoms with van der Waals surface area (Å²) in [7, 11) is 0. The number of ether oxygens (including phenoxy) is 1. The normalized spacial score (nSPS) is 17.2. The number of carboxylic acid groups (broad SMARTS) is 1. The van der Waals surface area contributed by atoms with Gasteiger partial charge in [0.2, 0.25) is 0 Å². The minimum absolute atomic E-state index is 0.0160. The van der Waals surface area contributed by atoms with Gasteiger partial charge in [0.15, 0.2) is 29.0 Å². The fraction of sp³-hybridized carbons (Fsp3) is 0.345. The second-order valence-electron chi connectivity index (χ2n) is 10.2. The molecule has 5 nitrogen and oxygen atoms in total. The highest BCUT2D eigenvalue weighted by atomic mass is 35.5. The number of aromatic carboxylic acids is 1. The third-order valence-corrected chi connectivity index (χ3v) is 8.00. The molecule has 3 aromatic carbocycles. The van der Waals surface area contributed by atoms with Crippen molar-refractivity contribution in [3.63, 3.8) is 0 Å². The van der Waals surface area contributed by atoms with E-state index in [2.05, 4.69) is 10.6 Å². The van der Waals surface area contributed by atoms with Gasteiger partial charge in [0, 0.05) is 28.6 Å². The number of hydrogen-bond donors (Lipinski definition) is 3. The van der Waals surface area contributed by atoms with Gasteiger partial charge in [0.25, 0.3) is 0 Å². The van der Waals surface area contributed by atoms with E-state index in [1.165, 1.54) is 0 Å². The summed E-state index contributed by atoms with van der Waals surface area (Å²) in [5, 5.41) is 16.4. The highest BCUT2D eigenvalue weighted by Gasteiger charge is 2.50. The van der Waals surface area contributed by atoms with E-state index in [1.807, 2.05) is 13.0 Å². The van der Waals surface area contributed by atoms with Crippen LogP contribution in [0.4, 0.5) is 28.9 Å². The largest absolute Gasteiger partial charge is 0.487 e. The zero-order valence-electron chi connectivity index (χ0n) is 21.1. The molecule has 0 saturated heterocycles. The smallest absolute Gasteiger partial charge is 0.335 e. The van der Waals surface area contributed by atoms with Crippen molar-refractivity contribution < 1.29 is 32.2 Å². The molecule has 10 heteroatoms. The Hall–Kier alpha value is -3.46. The molecule has 0 spiro atoms. The minimum atomic E-state index is -1.46. The Balaban J connectivity index is 1.61. The predicted octanol–water partition coefficient (Wildman–Crippen LogP) is 7.87. The molecule has 0 bridgehead atoms. The van der Waals surface area contributed by atoms with Crippen LogP contribution >= 0.6 is 11.6 Å². The standard InChI is InChI=1S/C29H27ClF4N2O3/c1-15-9-18(30)7-8-19(15)29(35-25-12-21(31)22(32)13-26(25)36-29)20(16-5-3-2-4-6-16)14-39-27-23(33)10-17(28(37)38)11-24(27)34/h7-13,16,20,35-36H,2-6,14H2,1H3,(H,37,38). The maximum atomic E-state index is 14.8. The first-order chi connectivity index (χ1) is 18.6. The summed E-state index contributed by atoms with van der Waals surface area (Å²) in [5.41, 5.74) is 0.519. The number of nitrogens with one attached hydrogen (secondary N) is 2. The summed E-state index contributed by atoms with van der Waals surface area (Å²) in [6.45, 7) is 1.69. The maximum absolute atomic E-state index is 14.8. The van der Waals surface area contributed by atoms with Crippen LogP contribution in [0.25, 0.3) is 0 Å². The molecule has 3 aromatic rings. The van der Waals surface area contributed by atoms with Gasteiger partial charge >= 0.3 is 5.97 Å². The monoisotopic (exact) mass is 562 g/mol. The molecule has 206 valence electrons. The lowest BCUT2D eigenvalue weighted by atomic mass is 9.71. The van der Waals surface area contributed by atoms with Crippen LogP contribution in [-0.2, 0) is 5.66 Å². The fourth-order valence-electron chi connectivity index (χ4n) is 5.94. The molecule has 39 heavy (non-hydrogen) atoms. The number of carbonyl (C=O) groups is 1. The van der Waals surface area contributed by atoms with Gasteiger partial charge in [-0.3, -0.25) is 0 Å². The Kier molecular flexibility index (Phi) is 7.37. The Morgan fingerprint density at radius 1 is 0.974 bits per heavy atom. The number of benzene rings is 3. The van der Waals surface area contributed by atoms with Crippen molar-refractivity contribution in [3.8, 4) is 5.75 Å². The second kappa shape index (κ2) is 10.6. The number of anilines is 2. The zero-order valence-corrected chi connectivity index (χ0v) is 21.8. The summed E-state index contributed by atoms with van der Waals surface area (Å²) in [4.78, 5) is 11.2. The van der Waals surface area contributed by atoms with Crippen LogP contribution in [-0.4, -0.2) is 17.7 Å². The topological polar surface area (TPSA) is 70.6 Å². The van der Waals surface area contributed by atoms with E-state index >= 15 is 0 Å². The van der Waals surface area contributed by atoms with Gasteiger partial charge in [-0.1, -0.05) is 36.9 Å². The van der Waals surface area contributed by atoms with Crippen molar-refractivity contribution >= 4 is 28.9 Å². The van der Waals surface area contributed by atoms with Crippen molar-refractivity contribution in [2.45, 2.75) is 44.7 Å². The van der Waals surface area contributed by atoms with Gasteiger partial charge < -0.3 is 20.5 Å². The number of carboxylic acids is 1.